The van der Waals surface area contributed by atoms with Crippen LogP contribution in [0.25, 0.3) is 0 Å². The molecular weight excluding hydrogens is 355 g/mol. The minimum atomic E-state index is 0. The summed E-state index contributed by atoms with van der Waals surface area (Å²) in [6.07, 6.45) is 2.51. The summed E-state index contributed by atoms with van der Waals surface area (Å²) in [6, 6.07) is 0. The molecule has 1 aliphatic heterocycles. The normalized spacial score (nSPS) is 15.5. The molecule has 0 bridgehead atoms. The summed E-state index contributed by atoms with van der Waals surface area (Å²) in [5.74, 6) is 2.82. The number of likely N-dealkylation sites (tertiary alicyclic amines) is 1. The molecule has 0 atom stereocenters. The number of aromatic nitrogens is 3. The van der Waals surface area contributed by atoms with Crippen LogP contribution in [0.4, 0.5) is 0 Å². The molecule has 7 heteroatoms. The molecule has 0 radical (unpaired) electrons. The number of aliphatic imine (C=N–C) groups is 1. The van der Waals surface area contributed by atoms with Crippen LogP contribution in [-0.4, -0.2) is 45.3 Å². The van der Waals surface area contributed by atoms with Gasteiger partial charge in [0.25, 0.3) is 0 Å². The third-order valence-electron chi connectivity index (χ3n) is 3.29. The average molecular weight is 378 g/mol. The first kappa shape index (κ1) is 16.2. The van der Waals surface area contributed by atoms with Crippen molar-refractivity contribution in [3.8, 4) is 0 Å². The first-order valence-electron chi connectivity index (χ1n) is 6.60. The van der Waals surface area contributed by atoms with Crippen molar-refractivity contribution in [1.82, 2.24) is 25.0 Å². The van der Waals surface area contributed by atoms with Crippen LogP contribution in [0.1, 0.15) is 31.4 Å². The lowest BCUT2D eigenvalue weighted by atomic mass is 10.4. The highest BCUT2D eigenvalue weighted by Gasteiger charge is 2.15. The van der Waals surface area contributed by atoms with Crippen LogP contribution in [0, 0.1) is 6.92 Å². The number of halogens is 1. The van der Waals surface area contributed by atoms with Gasteiger partial charge in [0.15, 0.2) is 11.8 Å². The van der Waals surface area contributed by atoms with Crippen LogP contribution in [0.5, 0.6) is 0 Å². The molecule has 19 heavy (non-hydrogen) atoms. The topological polar surface area (TPSA) is 58.3 Å². The molecule has 1 saturated heterocycles. The summed E-state index contributed by atoms with van der Waals surface area (Å²) < 4.78 is 1.98. The summed E-state index contributed by atoms with van der Waals surface area (Å²) >= 11 is 0. The fraction of sp³-hybridized carbons (Fsp3) is 0.750. The van der Waals surface area contributed by atoms with E-state index in [-0.39, 0.29) is 24.0 Å². The molecule has 1 aromatic heterocycles. The Labute approximate surface area is 131 Å². The molecule has 2 rings (SSSR count). The van der Waals surface area contributed by atoms with Crippen molar-refractivity contribution < 1.29 is 0 Å². The summed E-state index contributed by atoms with van der Waals surface area (Å²) in [5.41, 5.74) is 0. The molecule has 6 nitrogen and oxygen atoms in total. The van der Waals surface area contributed by atoms with E-state index >= 15 is 0 Å². The third-order valence-corrected chi connectivity index (χ3v) is 3.29. The van der Waals surface area contributed by atoms with Crippen molar-refractivity contribution in [3.63, 3.8) is 0 Å². The quantitative estimate of drug-likeness (QED) is 0.490. The molecule has 0 unspecified atom stereocenters. The lowest BCUT2D eigenvalue weighted by molar-refractivity contribution is 0.493. The number of hydrogen-bond donors (Lipinski definition) is 1. The third kappa shape index (κ3) is 4.05. The van der Waals surface area contributed by atoms with Gasteiger partial charge < -0.3 is 14.8 Å². The van der Waals surface area contributed by atoms with Gasteiger partial charge in [0, 0.05) is 26.7 Å². The molecule has 2 heterocycles. The Morgan fingerprint density at radius 3 is 2.53 bits per heavy atom. The molecule has 0 spiro atoms. The van der Waals surface area contributed by atoms with Crippen LogP contribution in [0.15, 0.2) is 4.99 Å². The van der Waals surface area contributed by atoms with Crippen LogP contribution in [0.2, 0.25) is 0 Å². The summed E-state index contributed by atoms with van der Waals surface area (Å²) in [7, 11) is 1.98. The minimum absolute atomic E-state index is 0. The second-order valence-corrected chi connectivity index (χ2v) is 4.59. The maximum atomic E-state index is 4.65. The Kier molecular flexibility index (Phi) is 6.53. The van der Waals surface area contributed by atoms with Crippen molar-refractivity contribution in [3.05, 3.63) is 11.6 Å². The van der Waals surface area contributed by atoms with Gasteiger partial charge in [-0.15, -0.1) is 34.2 Å². The second-order valence-electron chi connectivity index (χ2n) is 4.59. The van der Waals surface area contributed by atoms with Gasteiger partial charge in [0.2, 0.25) is 0 Å². The highest BCUT2D eigenvalue weighted by molar-refractivity contribution is 14.0. The molecular formula is C12H23IN6. The Balaban J connectivity index is 0.00000180. The molecule has 0 saturated carbocycles. The van der Waals surface area contributed by atoms with Crippen molar-refractivity contribution in [2.75, 3.05) is 19.6 Å². The molecule has 108 valence electrons. The smallest absolute Gasteiger partial charge is 0.194 e. The largest absolute Gasteiger partial charge is 0.357 e. The fourth-order valence-corrected chi connectivity index (χ4v) is 2.09. The predicted octanol–water partition coefficient (Wildman–Crippen LogP) is 1.30. The summed E-state index contributed by atoms with van der Waals surface area (Å²) in [4.78, 5) is 6.96. The zero-order chi connectivity index (χ0) is 13.0. The maximum absolute atomic E-state index is 4.65. The van der Waals surface area contributed by atoms with Crippen LogP contribution in [0.3, 0.4) is 0 Å². The Bertz CT molecular complexity index is 422. The minimum Gasteiger partial charge on any atom is -0.357 e. The average Bonchev–Trinajstić information content (AvgIpc) is 2.98. The molecule has 1 N–H and O–H groups in total. The first-order chi connectivity index (χ1) is 8.72. The van der Waals surface area contributed by atoms with Gasteiger partial charge in [-0.1, -0.05) is 0 Å². The molecule has 0 aliphatic carbocycles. The molecule has 1 aromatic rings. The van der Waals surface area contributed by atoms with E-state index in [1.54, 1.807) is 0 Å². The van der Waals surface area contributed by atoms with Gasteiger partial charge in [0.05, 0.1) is 0 Å². The van der Waals surface area contributed by atoms with E-state index in [4.69, 9.17) is 0 Å². The van der Waals surface area contributed by atoms with Crippen LogP contribution in [-0.2, 0) is 13.6 Å². The number of guanidine groups is 1. The van der Waals surface area contributed by atoms with E-state index in [0.717, 1.165) is 37.2 Å². The molecule has 0 amide bonds. The van der Waals surface area contributed by atoms with Gasteiger partial charge >= 0.3 is 0 Å². The highest BCUT2D eigenvalue weighted by atomic mass is 127. The number of nitrogens with one attached hydrogen (secondary N) is 1. The van der Waals surface area contributed by atoms with Crippen molar-refractivity contribution in [2.45, 2.75) is 33.2 Å². The van der Waals surface area contributed by atoms with Gasteiger partial charge in [-0.25, -0.2) is 4.99 Å². The van der Waals surface area contributed by atoms with E-state index in [9.17, 15) is 0 Å². The SMILES string of the molecule is CCNC(=NCc1nnc(C)n1C)N1CCCC1.I. The van der Waals surface area contributed by atoms with Gasteiger partial charge in [-0.3, -0.25) is 0 Å². The van der Waals surface area contributed by atoms with Gasteiger partial charge in [-0.05, 0) is 26.7 Å². The van der Waals surface area contributed by atoms with E-state index in [2.05, 4.69) is 32.3 Å². The standard InChI is InChI=1S/C12H22N6.HI/c1-4-13-12(18-7-5-6-8-18)14-9-11-16-15-10(2)17(11)3;/h4-9H2,1-3H3,(H,13,14);1H. The monoisotopic (exact) mass is 378 g/mol. The Morgan fingerprint density at radius 2 is 2.00 bits per heavy atom. The van der Waals surface area contributed by atoms with Crippen LogP contribution >= 0.6 is 24.0 Å². The van der Waals surface area contributed by atoms with E-state index in [1.807, 2.05) is 18.5 Å². The van der Waals surface area contributed by atoms with Crippen molar-refractivity contribution in [1.29, 1.82) is 0 Å². The first-order valence-corrected chi connectivity index (χ1v) is 6.60. The highest BCUT2D eigenvalue weighted by Crippen LogP contribution is 2.08. The Morgan fingerprint density at radius 1 is 1.32 bits per heavy atom. The van der Waals surface area contributed by atoms with Gasteiger partial charge in [-0.2, -0.15) is 0 Å². The predicted molar refractivity (Wildman–Crippen MR) is 86.8 cm³/mol. The maximum Gasteiger partial charge on any atom is 0.194 e. The van der Waals surface area contributed by atoms with Crippen molar-refractivity contribution >= 4 is 29.9 Å². The Hall–Kier alpha value is -0.860. The number of hydrogen-bond acceptors (Lipinski definition) is 3. The van der Waals surface area contributed by atoms with Crippen molar-refractivity contribution in [2.24, 2.45) is 12.0 Å². The second kappa shape index (κ2) is 7.66. The van der Waals surface area contributed by atoms with E-state index < -0.39 is 0 Å². The number of nitrogens with zero attached hydrogens (tertiary/aromatic N) is 5. The fourth-order valence-electron chi connectivity index (χ4n) is 2.09. The lowest BCUT2D eigenvalue weighted by Gasteiger charge is -2.20. The lowest BCUT2D eigenvalue weighted by Crippen LogP contribution is -2.39. The van der Waals surface area contributed by atoms with E-state index in [1.165, 1.54) is 12.8 Å². The molecule has 1 aliphatic rings. The number of rotatable bonds is 3. The zero-order valence-corrected chi connectivity index (χ0v) is 14.2. The molecule has 0 aromatic carbocycles. The summed E-state index contributed by atoms with van der Waals surface area (Å²) in [5, 5.41) is 11.5. The van der Waals surface area contributed by atoms with E-state index in [0.29, 0.717) is 6.54 Å². The molecule has 1 fully saturated rings. The number of aryl methyl sites for hydroxylation is 1. The summed E-state index contributed by atoms with van der Waals surface area (Å²) in [6.45, 7) is 7.72. The zero-order valence-electron chi connectivity index (χ0n) is 11.9. The van der Waals surface area contributed by atoms with Crippen LogP contribution < -0.4 is 5.32 Å². The van der Waals surface area contributed by atoms with Gasteiger partial charge in [0.1, 0.15) is 12.4 Å².